The molecule has 0 aromatic rings. The van der Waals surface area contributed by atoms with Gasteiger partial charge in [0.05, 0.1) is 6.42 Å². The first-order chi connectivity index (χ1) is 5.52. The van der Waals surface area contributed by atoms with Crippen LogP contribution in [-0.2, 0) is 9.53 Å². The van der Waals surface area contributed by atoms with E-state index in [1.165, 1.54) is 0 Å². The monoisotopic (exact) mass is 174 g/mol. The topological polar surface area (TPSA) is 46.5 Å². The van der Waals surface area contributed by atoms with E-state index in [2.05, 4.69) is 13.8 Å². The summed E-state index contributed by atoms with van der Waals surface area (Å²) in [6.45, 7) is 7.28. The molecule has 0 amide bonds. The van der Waals surface area contributed by atoms with Gasteiger partial charge in [0.25, 0.3) is 0 Å². The van der Waals surface area contributed by atoms with Crippen LogP contribution in [0, 0.1) is 11.8 Å². The Bertz CT molecular complexity index is 132. The van der Waals surface area contributed by atoms with E-state index in [4.69, 9.17) is 9.84 Å². The maximum atomic E-state index is 10.3. The minimum Gasteiger partial charge on any atom is -0.481 e. The summed E-state index contributed by atoms with van der Waals surface area (Å²) in [5.41, 5.74) is 0. The molecule has 0 aliphatic heterocycles. The van der Waals surface area contributed by atoms with Crippen molar-refractivity contribution < 1.29 is 14.6 Å². The van der Waals surface area contributed by atoms with E-state index in [0.29, 0.717) is 19.1 Å². The highest BCUT2D eigenvalue weighted by atomic mass is 16.5. The number of carboxylic acid groups (broad SMARTS) is 1. The second-order valence-corrected chi connectivity index (χ2v) is 3.63. The van der Waals surface area contributed by atoms with Crippen LogP contribution in [0.3, 0.4) is 0 Å². The van der Waals surface area contributed by atoms with Gasteiger partial charge in [0.1, 0.15) is 0 Å². The highest BCUT2D eigenvalue weighted by molar-refractivity contribution is 5.66. The van der Waals surface area contributed by atoms with Crippen molar-refractivity contribution in [2.45, 2.75) is 27.2 Å². The van der Waals surface area contributed by atoms with Crippen molar-refractivity contribution in [3.63, 3.8) is 0 Å². The van der Waals surface area contributed by atoms with E-state index in [1.54, 1.807) is 0 Å². The predicted octanol–water partition coefficient (Wildman–Crippen LogP) is 1.77. The average molecular weight is 174 g/mol. The molecule has 12 heavy (non-hydrogen) atoms. The number of hydrogen-bond donors (Lipinski definition) is 1. The molecule has 0 heterocycles. The Balaban J connectivity index is 3.31. The lowest BCUT2D eigenvalue weighted by molar-refractivity contribution is -0.138. The lowest BCUT2D eigenvalue weighted by atomic mass is 10.1. The molecule has 1 atom stereocenters. The summed E-state index contributed by atoms with van der Waals surface area (Å²) < 4.78 is 5.29. The number of carboxylic acids is 1. The zero-order chi connectivity index (χ0) is 9.56. The standard InChI is InChI=1S/C9H18O3/c1-7(2)5-12-6-8(3)4-9(10)11/h7-8H,4-6H2,1-3H3,(H,10,11). The van der Waals surface area contributed by atoms with Crippen LogP contribution in [0.1, 0.15) is 27.2 Å². The van der Waals surface area contributed by atoms with Crippen LogP contribution < -0.4 is 0 Å². The van der Waals surface area contributed by atoms with Crippen molar-refractivity contribution in [3.05, 3.63) is 0 Å². The maximum absolute atomic E-state index is 10.3. The number of ether oxygens (including phenoxy) is 1. The number of rotatable bonds is 6. The molecule has 72 valence electrons. The van der Waals surface area contributed by atoms with Gasteiger partial charge in [-0.1, -0.05) is 20.8 Å². The second-order valence-electron chi connectivity index (χ2n) is 3.63. The number of carbonyl (C=O) groups is 1. The van der Waals surface area contributed by atoms with Gasteiger partial charge in [0.2, 0.25) is 0 Å². The van der Waals surface area contributed by atoms with Crippen LogP contribution in [0.25, 0.3) is 0 Å². The molecule has 0 aliphatic carbocycles. The number of hydrogen-bond acceptors (Lipinski definition) is 2. The lowest BCUT2D eigenvalue weighted by Gasteiger charge is -2.10. The smallest absolute Gasteiger partial charge is 0.303 e. The molecule has 0 rings (SSSR count). The fourth-order valence-electron chi connectivity index (χ4n) is 0.862. The largest absolute Gasteiger partial charge is 0.481 e. The zero-order valence-corrected chi connectivity index (χ0v) is 8.04. The molecule has 3 heteroatoms. The van der Waals surface area contributed by atoms with Crippen molar-refractivity contribution in [1.29, 1.82) is 0 Å². The van der Waals surface area contributed by atoms with Gasteiger partial charge in [-0.25, -0.2) is 0 Å². The summed E-state index contributed by atoms with van der Waals surface area (Å²) >= 11 is 0. The van der Waals surface area contributed by atoms with Crippen LogP contribution in [0.2, 0.25) is 0 Å². The van der Waals surface area contributed by atoms with Gasteiger partial charge in [0.15, 0.2) is 0 Å². The van der Waals surface area contributed by atoms with Crippen LogP contribution in [0.5, 0.6) is 0 Å². The normalized spacial score (nSPS) is 13.3. The molecular formula is C9H18O3. The molecule has 0 aromatic carbocycles. The van der Waals surface area contributed by atoms with Gasteiger partial charge in [0, 0.05) is 13.2 Å². The molecule has 0 spiro atoms. The molecule has 1 N–H and O–H groups in total. The van der Waals surface area contributed by atoms with E-state index in [0.717, 1.165) is 0 Å². The van der Waals surface area contributed by atoms with E-state index >= 15 is 0 Å². The third-order valence-electron chi connectivity index (χ3n) is 1.38. The van der Waals surface area contributed by atoms with Crippen molar-refractivity contribution in [2.75, 3.05) is 13.2 Å². The minimum absolute atomic E-state index is 0.112. The molecular weight excluding hydrogens is 156 g/mol. The van der Waals surface area contributed by atoms with Crippen LogP contribution in [0.15, 0.2) is 0 Å². The highest BCUT2D eigenvalue weighted by Crippen LogP contribution is 2.03. The Morgan fingerprint density at radius 3 is 2.33 bits per heavy atom. The Hall–Kier alpha value is -0.570. The van der Waals surface area contributed by atoms with Gasteiger partial charge in [-0.15, -0.1) is 0 Å². The van der Waals surface area contributed by atoms with Gasteiger partial charge < -0.3 is 9.84 Å². The summed E-state index contributed by atoms with van der Waals surface area (Å²) in [4.78, 5) is 10.3. The summed E-state index contributed by atoms with van der Waals surface area (Å²) in [6, 6.07) is 0. The van der Waals surface area contributed by atoms with E-state index in [1.807, 2.05) is 6.92 Å². The molecule has 0 saturated heterocycles. The van der Waals surface area contributed by atoms with Gasteiger partial charge in [-0.3, -0.25) is 4.79 Å². The molecule has 0 fully saturated rings. The zero-order valence-electron chi connectivity index (χ0n) is 8.04. The van der Waals surface area contributed by atoms with Crippen LogP contribution in [0.4, 0.5) is 0 Å². The third kappa shape index (κ3) is 7.54. The first-order valence-electron chi connectivity index (χ1n) is 4.32. The molecule has 0 radical (unpaired) electrons. The van der Waals surface area contributed by atoms with Crippen LogP contribution in [-0.4, -0.2) is 24.3 Å². The van der Waals surface area contributed by atoms with E-state index in [-0.39, 0.29) is 12.3 Å². The summed E-state index contributed by atoms with van der Waals surface area (Å²) in [5.74, 6) is -0.126. The quantitative estimate of drug-likeness (QED) is 0.667. The minimum atomic E-state index is -0.754. The molecule has 3 nitrogen and oxygen atoms in total. The van der Waals surface area contributed by atoms with E-state index in [9.17, 15) is 4.79 Å². The van der Waals surface area contributed by atoms with E-state index < -0.39 is 5.97 Å². The van der Waals surface area contributed by atoms with Crippen molar-refractivity contribution in [2.24, 2.45) is 11.8 Å². The third-order valence-corrected chi connectivity index (χ3v) is 1.38. The first-order valence-corrected chi connectivity index (χ1v) is 4.32. The second kappa shape index (κ2) is 6.00. The van der Waals surface area contributed by atoms with Crippen molar-refractivity contribution >= 4 is 5.97 Å². The summed E-state index contributed by atoms with van der Waals surface area (Å²) in [6.07, 6.45) is 0.193. The summed E-state index contributed by atoms with van der Waals surface area (Å²) in [7, 11) is 0. The van der Waals surface area contributed by atoms with Gasteiger partial charge in [-0.2, -0.15) is 0 Å². The van der Waals surface area contributed by atoms with Gasteiger partial charge >= 0.3 is 5.97 Å². The van der Waals surface area contributed by atoms with Crippen molar-refractivity contribution in [3.8, 4) is 0 Å². The Labute approximate surface area is 73.7 Å². The predicted molar refractivity (Wildman–Crippen MR) is 47.1 cm³/mol. The van der Waals surface area contributed by atoms with Crippen LogP contribution >= 0.6 is 0 Å². The van der Waals surface area contributed by atoms with Crippen molar-refractivity contribution in [1.82, 2.24) is 0 Å². The summed E-state index contributed by atoms with van der Waals surface area (Å²) in [5, 5.41) is 8.44. The fourth-order valence-corrected chi connectivity index (χ4v) is 0.862. The molecule has 0 saturated carbocycles. The van der Waals surface area contributed by atoms with Gasteiger partial charge in [-0.05, 0) is 11.8 Å². The fraction of sp³-hybridized carbons (Fsp3) is 0.889. The first kappa shape index (κ1) is 11.4. The lowest BCUT2D eigenvalue weighted by Crippen LogP contribution is -2.13. The average Bonchev–Trinajstić information content (AvgIpc) is 1.84. The molecule has 0 bridgehead atoms. The Morgan fingerprint density at radius 1 is 1.33 bits per heavy atom. The molecule has 0 aliphatic rings. The Morgan fingerprint density at radius 2 is 1.92 bits per heavy atom. The highest BCUT2D eigenvalue weighted by Gasteiger charge is 2.07. The molecule has 0 aromatic heterocycles. The maximum Gasteiger partial charge on any atom is 0.303 e. The Kier molecular flexibility index (Phi) is 5.72. The SMILES string of the molecule is CC(C)COCC(C)CC(=O)O. The molecule has 1 unspecified atom stereocenters. The number of aliphatic carboxylic acids is 1.